The van der Waals surface area contributed by atoms with Crippen molar-refractivity contribution in [3.05, 3.63) is 41.3 Å². The van der Waals surface area contributed by atoms with E-state index in [4.69, 9.17) is 11.6 Å². The average molecular weight is 225 g/mol. The molecule has 72 valence electrons. The third-order valence-corrected chi connectivity index (χ3v) is 2.48. The van der Waals surface area contributed by atoms with Crippen molar-refractivity contribution < 1.29 is 0 Å². The summed E-state index contributed by atoms with van der Waals surface area (Å²) in [6, 6.07) is 7.63. The molecule has 14 heavy (non-hydrogen) atoms. The molecule has 1 aromatic heterocycles. The number of hydrogen-bond donors (Lipinski definition) is 2. The lowest BCUT2D eigenvalue weighted by atomic mass is 10.2. The molecule has 0 bridgehead atoms. The summed E-state index contributed by atoms with van der Waals surface area (Å²) in [5, 5.41) is 0.739. The van der Waals surface area contributed by atoms with Crippen molar-refractivity contribution >= 4 is 24.2 Å². The number of nitrogens with zero attached hydrogens (tertiary/aromatic N) is 1. The Morgan fingerprint density at radius 1 is 1.29 bits per heavy atom. The molecule has 0 aliphatic heterocycles. The summed E-state index contributed by atoms with van der Waals surface area (Å²) in [7, 11) is 0. The number of imidazole rings is 1. The number of nitrogens with one attached hydrogen (secondary N) is 1. The first kappa shape index (κ1) is 9.62. The zero-order chi connectivity index (χ0) is 9.97. The number of aromatic nitrogens is 2. The van der Waals surface area contributed by atoms with Gasteiger partial charge in [-0.25, -0.2) is 4.98 Å². The molecular formula is C10H9ClN2S. The Hall–Kier alpha value is -0.930. The van der Waals surface area contributed by atoms with Crippen LogP contribution in [0.4, 0.5) is 0 Å². The van der Waals surface area contributed by atoms with Crippen molar-refractivity contribution in [2.24, 2.45) is 0 Å². The van der Waals surface area contributed by atoms with E-state index in [0.29, 0.717) is 5.75 Å². The van der Waals surface area contributed by atoms with Crippen LogP contribution in [0.1, 0.15) is 5.82 Å². The van der Waals surface area contributed by atoms with E-state index in [9.17, 15) is 0 Å². The van der Waals surface area contributed by atoms with Crippen LogP contribution in [0.5, 0.6) is 0 Å². The molecule has 0 aliphatic rings. The summed E-state index contributed by atoms with van der Waals surface area (Å²) in [5.41, 5.74) is 2.07. The monoisotopic (exact) mass is 224 g/mol. The van der Waals surface area contributed by atoms with Crippen LogP contribution in [0.25, 0.3) is 11.3 Å². The average Bonchev–Trinajstić information content (AvgIpc) is 2.67. The highest BCUT2D eigenvalue weighted by atomic mass is 35.5. The van der Waals surface area contributed by atoms with Crippen molar-refractivity contribution in [1.82, 2.24) is 9.97 Å². The number of halogens is 1. The highest BCUT2D eigenvalue weighted by Crippen LogP contribution is 2.19. The van der Waals surface area contributed by atoms with Crippen LogP contribution in [0, 0.1) is 0 Å². The van der Waals surface area contributed by atoms with Gasteiger partial charge in [0, 0.05) is 10.8 Å². The Labute approximate surface area is 92.7 Å². The molecular weight excluding hydrogens is 216 g/mol. The van der Waals surface area contributed by atoms with Crippen LogP contribution in [0.15, 0.2) is 30.5 Å². The van der Waals surface area contributed by atoms with Crippen molar-refractivity contribution in [3.63, 3.8) is 0 Å². The quantitative estimate of drug-likeness (QED) is 0.754. The first-order valence-corrected chi connectivity index (χ1v) is 5.21. The zero-order valence-corrected chi connectivity index (χ0v) is 9.02. The standard InChI is InChI=1S/C10H9ClN2S/c11-8-3-1-7(2-4-8)9-5-12-10(6-14)13-9/h1-5,14H,6H2,(H,12,13). The molecule has 0 radical (unpaired) electrons. The zero-order valence-electron chi connectivity index (χ0n) is 7.37. The second kappa shape index (κ2) is 4.07. The molecule has 0 atom stereocenters. The van der Waals surface area contributed by atoms with Gasteiger partial charge < -0.3 is 4.98 Å². The number of benzene rings is 1. The summed E-state index contributed by atoms with van der Waals surface area (Å²) in [6.45, 7) is 0. The fraction of sp³-hybridized carbons (Fsp3) is 0.100. The number of aromatic amines is 1. The van der Waals surface area contributed by atoms with E-state index in [1.807, 2.05) is 24.3 Å². The summed E-state index contributed by atoms with van der Waals surface area (Å²) in [4.78, 5) is 7.34. The van der Waals surface area contributed by atoms with E-state index in [2.05, 4.69) is 22.6 Å². The molecule has 1 aromatic carbocycles. The molecule has 2 rings (SSSR count). The van der Waals surface area contributed by atoms with Gasteiger partial charge in [0.25, 0.3) is 0 Å². The molecule has 2 aromatic rings. The fourth-order valence-electron chi connectivity index (χ4n) is 1.22. The van der Waals surface area contributed by atoms with Gasteiger partial charge in [0.15, 0.2) is 0 Å². The van der Waals surface area contributed by atoms with Gasteiger partial charge in [-0.1, -0.05) is 23.7 Å². The van der Waals surface area contributed by atoms with Gasteiger partial charge >= 0.3 is 0 Å². The summed E-state index contributed by atoms with van der Waals surface area (Å²) in [6.07, 6.45) is 1.80. The Morgan fingerprint density at radius 3 is 2.57 bits per heavy atom. The van der Waals surface area contributed by atoms with Crippen LogP contribution in [0.3, 0.4) is 0 Å². The topological polar surface area (TPSA) is 28.7 Å². The molecule has 0 amide bonds. The van der Waals surface area contributed by atoms with Gasteiger partial charge in [0.2, 0.25) is 0 Å². The minimum Gasteiger partial charge on any atom is -0.341 e. The normalized spacial score (nSPS) is 10.4. The van der Waals surface area contributed by atoms with Crippen molar-refractivity contribution in [1.29, 1.82) is 0 Å². The van der Waals surface area contributed by atoms with Gasteiger partial charge in [-0.3, -0.25) is 0 Å². The van der Waals surface area contributed by atoms with Crippen molar-refractivity contribution in [3.8, 4) is 11.3 Å². The Balaban J connectivity index is 2.34. The highest BCUT2D eigenvalue weighted by molar-refractivity contribution is 7.79. The van der Waals surface area contributed by atoms with Gasteiger partial charge in [0.05, 0.1) is 11.9 Å². The molecule has 0 fully saturated rings. The lowest BCUT2D eigenvalue weighted by Gasteiger charge is -1.96. The number of hydrogen-bond acceptors (Lipinski definition) is 2. The van der Waals surface area contributed by atoms with E-state index in [0.717, 1.165) is 22.1 Å². The maximum absolute atomic E-state index is 5.79. The van der Waals surface area contributed by atoms with Crippen LogP contribution in [-0.2, 0) is 5.75 Å². The molecule has 2 nitrogen and oxygen atoms in total. The van der Waals surface area contributed by atoms with Crippen molar-refractivity contribution in [2.45, 2.75) is 5.75 Å². The minimum atomic E-state index is 0.619. The van der Waals surface area contributed by atoms with Crippen LogP contribution in [0.2, 0.25) is 5.02 Å². The van der Waals surface area contributed by atoms with E-state index in [1.165, 1.54) is 0 Å². The smallest absolute Gasteiger partial charge is 0.116 e. The minimum absolute atomic E-state index is 0.619. The van der Waals surface area contributed by atoms with Gasteiger partial charge in [-0.05, 0) is 17.7 Å². The van der Waals surface area contributed by atoms with Gasteiger partial charge in [0.1, 0.15) is 5.82 Å². The van der Waals surface area contributed by atoms with Crippen LogP contribution < -0.4 is 0 Å². The fourth-order valence-corrected chi connectivity index (χ4v) is 1.51. The van der Waals surface area contributed by atoms with Crippen LogP contribution in [-0.4, -0.2) is 9.97 Å². The highest BCUT2D eigenvalue weighted by Gasteiger charge is 2.01. The lowest BCUT2D eigenvalue weighted by Crippen LogP contribution is -1.80. The largest absolute Gasteiger partial charge is 0.341 e. The second-order valence-electron chi connectivity index (χ2n) is 2.91. The van der Waals surface area contributed by atoms with Gasteiger partial charge in [-0.15, -0.1) is 0 Å². The first-order valence-electron chi connectivity index (χ1n) is 4.20. The number of H-pyrrole nitrogens is 1. The second-order valence-corrected chi connectivity index (χ2v) is 3.66. The molecule has 0 spiro atoms. The SMILES string of the molecule is SCc1ncc(-c2ccc(Cl)cc2)[nH]1. The summed E-state index contributed by atoms with van der Waals surface area (Å²) in [5.74, 6) is 1.49. The molecule has 0 aliphatic carbocycles. The van der Waals surface area contributed by atoms with E-state index in [1.54, 1.807) is 6.20 Å². The lowest BCUT2D eigenvalue weighted by molar-refractivity contribution is 1.13. The summed E-state index contributed by atoms with van der Waals surface area (Å²) < 4.78 is 0. The molecule has 0 saturated carbocycles. The number of thiol groups is 1. The Bertz CT molecular complexity index is 422. The van der Waals surface area contributed by atoms with Crippen molar-refractivity contribution in [2.75, 3.05) is 0 Å². The molecule has 1 N–H and O–H groups in total. The Kier molecular flexibility index (Phi) is 2.79. The molecule has 0 unspecified atom stereocenters. The molecule has 4 heteroatoms. The van der Waals surface area contributed by atoms with E-state index in [-0.39, 0.29) is 0 Å². The Morgan fingerprint density at radius 2 is 2.00 bits per heavy atom. The first-order chi connectivity index (χ1) is 6.79. The van der Waals surface area contributed by atoms with Crippen LogP contribution >= 0.6 is 24.2 Å². The third-order valence-electron chi connectivity index (χ3n) is 1.93. The number of rotatable bonds is 2. The predicted molar refractivity (Wildman–Crippen MR) is 61.7 cm³/mol. The maximum atomic E-state index is 5.79. The van der Waals surface area contributed by atoms with E-state index >= 15 is 0 Å². The molecule has 0 saturated heterocycles. The maximum Gasteiger partial charge on any atom is 0.116 e. The third kappa shape index (κ3) is 1.94. The van der Waals surface area contributed by atoms with E-state index < -0.39 is 0 Å². The molecule has 1 heterocycles. The van der Waals surface area contributed by atoms with Gasteiger partial charge in [-0.2, -0.15) is 12.6 Å². The summed E-state index contributed by atoms with van der Waals surface area (Å²) >= 11 is 9.93. The predicted octanol–water partition coefficient (Wildman–Crippen LogP) is 3.16.